The fraction of sp³-hybridized carbons (Fsp3) is 0.500. The molecule has 2 amide bonds. The molecule has 45 heavy (non-hydrogen) atoms. The van der Waals surface area contributed by atoms with E-state index < -0.39 is 45.9 Å². The van der Waals surface area contributed by atoms with E-state index in [9.17, 15) is 9.59 Å². The Morgan fingerprint density at radius 2 is 0.911 bits per heavy atom. The molecule has 2 rings (SSSR count). The van der Waals surface area contributed by atoms with Gasteiger partial charge in [0.25, 0.3) is 0 Å². The average Bonchev–Trinajstić information content (AvgIpc) is 3.08. The van der Waals surface area contributed by atoms with E-state index in [-0.39, 0.29) is 13.1 Å². The fourth-order valence-electron chi connectivity index (χ4n) is 4.16. The molecule has 0 saturated heterocycles. The molecule has 0 aliphatic carbocycles. The molecule has 0 saturated carbocycles. The molecule has 0 aliphatic rings. The molecule has 0 unspecified atom stereocenters. The fourth-order valence-corrected chi connectivity index (χ4v) is 7.57. The Kier molecular flexibility index (Phi) is 21.9. The van der Waals surface area contributed by atoms with Crippen molar-refractivity contribution < 1.29 is 52.6 Å². The number of para-hydroxylation sites is 2. The van der Waals surface area contributed by atoms with E-state index in [1.807, 2.05) is 12.1 Å². The summed E-state index contributed by atoms with van der Waals surface area (Å²) in [6.07, 6.45) is 1.35. The van der Waals surface area contributed by atoms with Gasteiger partial charge >= 0.3 is 52.9 Å². The third kappa shape index (κ3) is 14.4. The Morgan fingerprint density at radius 3 is 1.22 bits per heavy atom. The SMILES string of the molecule is CO[Si](CCC[N-]c1ccccc1C(=O)[N-]CC[N-]C(=O)c1ccccc1[N-]CCC[Si](OC)(OC)OC)(OC)OC.[Cl][W][Cl]. The molecule has 0 atom stereocenters. The van der Waals surface area contributed by atoms with Crippen LogP contribution in [0.2, 0.25) is 12.1 Å². The van der Waals surface area contributed by atoms with Crippen molar-refractivity contribution in [1.82, 2.24) is 0 Å². The zero-order valence-electron chi connectivity index (χ0n) is 26.5. The summed E-state index contributed by atoms with van der Waals surface area (Å²) < 4.78 is 32.6. The molecule has 0 aromatic heterocycles. The van der Waals surface area contributed by atoms with Gasteiger partial charge in [0.05, 0.1) is 11.8 Å². The number of amides is 2. The van der Waals surface area contributed by atoms with Gasteiger partial charge in [0.1, 0.15) is 0 Å². The molecule has 0 N–H and O–H groups in total. The number of halogens is 2. The molecular formula is C28H42Cl2N4O8Si2W-4. The summed E-state index contributed by atoms with van der Waals surface area (Å²) in [5, 5.41) is 17.3. The van der Waals surface area contributed by atoms with Gasteiger partial charge in [0, 0.05) is 54.7 Å². The molecule has 0 spiro atoms. The summed E-state index contributed by atoms with van der Waals surface area (Å²) >= 11 is -0.806. The first-order chi connectivity index (χ1) is 21.7. The summed E-state index contributed by atoms with van der Waals surface area (Å²) in [5.74, 6) is -0.825. The molecular weight excluding hydrogens is 831 g/mol. The monoisotopic (exact) mass is 872 g/mol. The van der Waals surface area contributed by atoms with E-state index in [4.69, 9.17) is 45.4 Å². The zero-order chi connectivity index (χ0) is 33.6. The predicted octanol–water partition coefficient (Wildman–Crippen LogP) is 7.34. The van der Waals surface area contributed by atoms with Crippen LogP contribution < -0.4 is 0 Å². The summed E-state index contributed by atoms with van der Waals surface area (Å²) in [6.45, 7) is 1.08. The van der Waals surface area contributed by atoms with Gasteiger partial charge in [-0.05, 0) is 11.1 Å². The summed E-state index contributed by atoms with van der Waals surface area (Å²) in [6, 6.07) is 15.3. The molecule has 254 valence electrons. The number of rotatable bonds is 21. The zero-order valence-corrected chi connectivity index (χ0v) is 32.9. The number of hydrogen-bond donors (Lipinski definition) is 0. The average molecular weight is 874 g/mol. The minimum absolute atomic E-state index is 0.0691. The van der Waals surface area contributed by atoms with Gasteiger partial charge in [-0.15, -0.1) is 37.6 Å². The van der Waals surface area contributed by atoms with Crippen molar-refractivity contribution in [2.75, 3.05) is 68.8 Å². The predicted molar refractivity (Wildman–Crippen MR) is 178 cm³/mol. The molecule has 0 heterocycles. The third-order valence-electron chi connectivity index (χ3n) is 6.59. The van der Waals surface area contributed by atoms with Crippen molar-refractivity contribution in [2.45, 2.75) is 24.9 Å². The van der Waals surface area contributed by atoms with Gasteiger partial charge in [0.2, 0.25) is 0 Å². The van der Waals surface area contributed by atoms with Crippen LogP contribution in [-0.4, -0.2) is 98.3 Å². The number of carbonyl (C=O) groups is 2. The summed E-state index contributed by atoms with van der Waals surface area (Å²) in [5.41, 5.74) is 1.89. The summed E-state index contributed by atoms with van der Waals surface area (Å²) in [7, 11) is 13.9. The first kappa shape index (κ1) is 41.5. The van der Waals surface area contributed by atoms with E-state index in [2.05, 4.69) is 21.3 Å². The second-order valence-corrected chi connectivity index (χ2v) is 19.4. The van der Waals surface area contributed by atoms with Gasteiger partial charge in [-0.3, -0.25) is 0 Å². The van der Waals surface area contributed by atoms with Crippen LogP contribution in [0.25, 0.3) is 21.3 Å². The Labute approximate surface area is 285 Å². The number of hydrogen-bond acceptors (Lipinski definition) is 8. The van der Waals surface area contributed by atoms with Gasteiger partial charge in [-0.1, -0.05) is 61.4 Å². The Hall–Kier alpha value is -1.56. The van der Waals surface area contributed by atoms with Crippen LogP contribution >= 0.6 is 18.8 Å². The van der Waals surface area contributed by atoms with E-state index in [0.29, 0.717) is 60.5 Å². The first-order valence-electron chi connectivity index (χ1n) is 13.9. The van der Waals surface area contributed by atoms with Crippen molar-refractivity contribution in [3.63, 3.8) is 0 Å². The second-order valence-electron chi connectivity index (χ2n) is 9.03. The van der Waals surface area contributed by atoms with Gasteiger partial charge < -0.3 is 57.4 Å². The molecule has 2 aromatic carbocycles. The van der Waals surface area contributed by atoms with E-state index >= 15 is 0 Å². The third-order valence-corrected chi connectivity index (χ3v) is 12.3. The maximum atomic E-state index is 12.8. The molecule has 0 bridgehead atoms. The topological polar surface area (TPSA) is 146 Å². The Morgan fingerprint density at radius 1 is 0.600 bits per heavy atom. The number of benzene rings is 2. The van der Waals surface area contributed by atoms with Crippen molar-refractivity contribution >= 4 is 59.6 Å². The molecule has 0 radical (unpaired) electrons. The number of carbonyl (C=O) groups excluding carboxylic acids is 2. The van der Waals surface area contributed by atoms with Crippen molar-refractivity contribution in [3.05, 3.63) is 80.9 Å². The first-order valence-corrected chi connectivity index (χ1v) is 25.0. The molecule has 17 heteroatoms. The standard InChI is InChI=1S/C28H44N4O8Si2.2ClH.W/c1-35-41(36-2,37-3)21-11-17-29-25-15-9-7-13-23(25)27(33)31-19-20-32-28(34)24-14-8-10-16-26(24)30-18-12-22-42(38-4,39-5)40-6;;;/h7-10,13-16H,11-12,17-22H2,1-6H3,(H2-2,29,30,31,32,33,34);2*1H;/q-2;;;+2/p-4. The Balaban J connectivity index is 0.00000324. The van der Waals surface area contributed by atoms with Crippen LogP contribution in [0.4, 0.5) is 11.4 Å². The quantitative estimate of drug-likeness (QED) is 0.0937. The van der Waals surface area contributed by atoms with Crippen LogP contribution in [0.1, 0.15) is 33.6 Å². The normalized spacial score (nSPS) is 11.3. The van der Waals surface area contributed by atoms with Gasteiger partial charge in [-0.2, -0.15) is 0 Å². The molecule has 0 fully saturated rings. The molecule has 0 aliphatic heterocycles. The second kappa shape index (κ2) is 23.7. The van der Waals surface area contributed by atoms with Crippen molar-refractivity contribution in [2.24, 2.45) is 0 Å². The molecule has 12 nitrogen and oxygen atoms in total. The van der Waals surface area contributed by atoms with Crippen LogP contribution in [0.3, 0.4) is 0 Å². The van der Waals surface area contributed by atoms with E-state index in [0.717, 1.165) is 0 Å². The molecule has 2 aromatic rings. The van der Waals surface area contributed by atoms with Gasteiger partial charge in [0.15, 0.2) is 0 Å². The number of nitrogens with zero attached hydrogens (tertiary/aromatic N) is 4. The maximum absolute atomic E-state index is 12.8. The van der Waals surface area contributed by atoms with Crippen LogP contribution in [0.15, 0.2) is 48.5 Å². The van der Waals surface area contributed by atoms with Crippen LogP contribution in [0.5, 0.6) is 0 Å². The van der Waals surface area contributed by atoms with Crippen LogP contribution in [-0.2, 0) is 43.0 Å². The van der Waals surface area contributed by atoms with Crippen molar-refractivity contribution in [3.8, 4) is 0 Å². The van der Waals surface area contributed by atoms with E-state index in [1.54, 1.807) is 79.1 Å². The van der Waals surface area contributed by atoms with Crippen LogP contribution in [0, 0.1) is 0 Å². The van der Waals surface area contributed by atoms with Gasteiger partial charge in [-0.25, -0.2) is 0 Å². The Bertz CT molecular complexity index is 1040. The van der Waals surface area contributed by atoms with Crippen molar-refractivity contribution in [1.29, 1.82) is 0 Å². The van der Waals surface area contributed by atoms with E-state index in [1.165, 1.54) is 0 Å². The summed E-state index contributed by atoms with van der Waals surface area (Å²) in [4.78, 5) is 25.6. The minimum atomic E-state index is -2.67.